The van der Waals surface area contributed by atoms with E-state index in [0.29, 0.717) is 24.5 Å². The summed E-state index contributed by atoms with van der Waals surface area (Å²) >= 11 is 0. The Morgan fingerprint density at radius 1 is 1.16 bits per heavy atom. The molecule has 2 aromatic rings. The fourth-order valence-electron chi connectivity index (χ4n) is 3.99. The van der Waals surface area contributed by atoms with Crippen molar-refractivity contribution in [2.75, 3.05) is 30.6 Å². The average Bonchev–Trinajstić information content (AvgIpc) is 2.90. The van der Waals surface area contributed by atoms with Gasteiger partial charge >= 0.3 is 6.03 Å². The quantitative estimate of drug-likeness (QED) is 0.236. The van der Waals surface area contributed by atoms with Crippen LogP contribution in [0.15, 0.2) is 91.2 Å². The highest BCUT2D eigenvalue weighted by molar-refractivity contribution is 6.02. The van der Waals surface area contributed by atoms with Crippen molar-refractivity contribution in [1.82, 2.24) is 9.88 Å². The molecule has 37 heavy (non-hydrogen) atoms. The van der Waals surface area contributed by atoms with Crippen molar-refractivity contribution in [3.05, 3.63) is 102 Å². The summed E-state index contributed by atoms with van der Waals surface area (Å²) in [5.74, 6) is 0.990. The van der Waals surface area contributed by atoms with Gasteiger partial charge in [-0.05, 0) is 73.7 Å². The first-order valence-corrected chi connectivity index (χ1v) is 12.2. The molecule has 2 N–H and O–H groups in total. The molecule has 0 spiro atoms. The zero-order valence-electron chi connectivity index (χ0n) is 22.5. The first-order valence-electron chi connectivity index (χ1n) is 12.2. The van der Waals surface area contributed by atoms with Crippen LogP contribution in [0.4, 0.5) is 22.0 Å². The van der Waals surface area contributed by atoms with Crippen molar-refractivity contribution >= 4 is 23.2 Å². The zero-order chi connectivity index (χ0) is 27.4. The van der Waals surface area contributed by atoms with Gasteiger partial charge in [-0.2, -0.15) is 0 Å². The van der Waals surface area contributed by atoms with Crippen LogP contribution in [0.2, 0.25) is 0 Å². The van der Waals surface area contributed by atoms with Crippen LogP contribution >= 0.6 is 0 Å². The Bertz CT molecular complexity index is 1200. The van der Waals surface area contributed by atoms with Gasteiger partial charge < -0.3 is 9.64 Å². The third-order valence-electron chi connectivity index (χ3n) is 5.94. The highest BCUT2D eigenvalue weighted by Crippen LogP contribution is 2.37. The number of nitrogens with zero attached hydrogens (tertiary/aromatic N) is 3. The number of urea groups is 1. The Hall–Kier alpha value is -4.10. The van der Waals surface area contributed by atoms with Crippen LogP contribution in [-0.4, -0.2) is 41.3 Å². The van der Waals surface area contributed by atoms with Crippen molar-refractivity contribution in [1.29, 1.82) is 0 Å². The van der Waals surface area contributed by atoms with Crippen LogP contribution in [0.1, 0.15) is 31.4 Å². The molecule has 0 radical (unpaired) electrons. The summed E-state index contributed by atoms with van der Waals surface area (Å²) in [5, 5.41) is 9.87. The summed E-state index contributed by atoms with van der Waals surface area (Å²) < 4.78 is 5.49. The SMILES string of the molecule is C=C/C=C(\C=C)CN(CC(/C=C\C)=C/CC)C(=O)N(c1ccc(OC)c(C)c1C)c1ncccc1NO. The molecule has 0 aliphatic rings. The molecule has 0 fully saturated rings. The van der Waals surface area contributed by atoms with E-state index in [4.69, 9.17) is 4.74 Å². The monoisotopic (exact) mass is 502 g/mol. The molecule has 0 aliphatic carbocycles. The van der Waals surface area contributed by atoms with E-state index in [9.17, 15) is 10.0 Å². The number of ether oxygens (including phenoxy) is 1. The molecule has 0 atom stereocenters. The van der Waals surface area contributed by atoms with E-state index in [1.807, 2.05) is 51.1 Å². The number of hydrogen-bond acceptors (Lipinski definition) is 5. The van der Waals surface area contributed by atoms with E-state index in [-0.39, 0.29) is 11.8 Å². The minimum absolute atomic E-state index is 0.271. The molecule has 1 aromatic carbocycles. The second-order valence-corrected chi connectivity index (χ2v) is 8.37. The van der Waals surface area contributed by atoms with Crippen LogP contribution < -0.4 is 15.1 Å². The van der Waals surface area contributed by atoms with Gasteiger partial charge in [0.25, 0.3) is 0 Å². The van der Waals surface area contributed by atoms with Crippen LogP contribution in [0.5, 0.6) is 5.75 Å². The van der Waals surface area contributed by atoms with Crippen LogP contribution in [0, 0.1) is 13.8 Å². The molecule has 0 aliphatic heterocycles. The van der Waals surface area contributed by atoms with Gasteiger partial charge in [0.15, 0.2) is 5.82 Å². The van der Waals surface area contributed by atoms with E-state index in [2.05, 4.69) is 36.6 Å². The normalized spacial score (nSPS) is 11.8. The standard InChI is InChI=1S/C30H38N4O3/c1-8-13-24(11-4)20-33(21-25(14-9-2)15-10-3)30(35)34(29-26(32-36)16-12-19-31-29)27-17-18-28(37-7)23(6)22(27)5/h8-9,11-19,32,36H,1,4,10,20-21H2,2-3,5-7H3/b14-9-,24-13+,25-15+. The van der Waals surface area contributed by atoms with Crippen LogP contribution in [-0.2, 0) is 0 Å². The second-order valence-electron chi connectivity index (χ2n) is 8.37. The second kappa shape index (κ2) is 14.5. The minimum atomic E-state index is -0.314. The van der Waals surface area contributed by atoms with Crippen molar-refractivity contribution in [2.24, 2.45) is 0 Å². The van der Waals surface area contributed by atoms with Gasteiger partial charge in [0.1, 0.15) is 11.4 Å². The molecule has 7 heteroatoms. The fourth-order valence-corrected chi connectivity index (χ4v) is 3.99. The highest BCUT2D eigenvalue weighted by atomic mass is 16.5. The van der Waals surface area contributed by atoms with Gasteiger partial charge in [-0.1, -0.05) is 56.5 Å². The summed E-state index contributed by atoms with van der Waals surface area (Å²) in [6.07, 6.45) is 13.7. The lowest BCUT2D eigenvalue weighted by atomic mass is 10.1. The highest BCUT2D eigenvalue weighted by Gasteiger charge is 2.29. The lowest BCUT2D eigenvalue weighted by Crippen LogP contribution is -2.43. The molecule has 0 saturated carbocycles. The molecule has 196 valence electrons. The van der Waals surface area contributed by atoms with Crippen LogP contribution in [0.3, 0.4) is 0 Å². The number of pyridine rings is 1. The number of rotatable bonds is 12. The number of allylic oxidation sites excluding steroid dienone is 4. The summed E-state index contributed by atoms with van der Waals surface area (Å²) in [6.45, 7) is 16.2. The summed E-state index contributed by atoms with van der Waals surface area (Å²) in [7, 11) is 1.62. The summed E-state index contributed by atoms with van der Waals surface area (Å²) in [4.78, 5) is 22.2. The number of hydrogen-bond donors (Lipinski definition) is 2. The molecule has 7 nitrogen and oxygen atoms in total. The number of carbonyl (C=O) groups is 1. The van der Waals surface area contributed by atoms with Gasteiger partial charge in [-0.15, -0.1) is 0 Å². The smallest absolute Gasteiger partial charge is 0.330 e. The molecule has 2 amide bonds. The molecular weight excluding hydrogens is 464 g/mol. The number of anilines is 3. The predicted molar refractivity (Wildman–Crippen MR) is 153 cm³/mol. The number of amides is 2. The number of nitrogens with one attached hydrogen (secondary N) is 1. The molecule has 0 saturated heterocycles. The van der Waals surface area contributed by atoms with E-state index in [0.717, 1.165) is 34.4 Å². The van der Waals surface area contributed by atoms with Crippen molar-refractivity contribution in [3.63, 3.8) is 0 Å². The van der Waals surface area contributed by atoms with Gasteiger partial charge in [-0.25, -0.2) is 14.7 Å². The van der Waals surface area contributed by atoms with Crippen molar-refractivity contribution in [2.45, 2.75) is 34.1 Å². The Balaban J connectivity index is 2.78. The van der Waals surface area contributed by atoms with E-state index < -0.39 is 0 Å². The van der Waals surface area contributed by atoms with Gasteiger partial charge in [0.2, 0.25) is 0 Å². The third-order valence-corrected chi connectivity index (χ3v) is 5.94. The first kappa shape index (κ1) is 29.1. The summed E-state index contributed by atoms with van der Waals surface area (Å²) in [5.41, 5.74) is 6.71. The van der Waals surface area contributed by atoms with Gasteiger partial charge in [0, 0.05) is 19.3 Å². The molecule has 2 rings (SSSR count). The minimum Gasteiger partial charge on any atom is -0.496 e. The van der Waals surface area contributed by atoms with Crippen molar-refractivity contribution < 1.29 is 14.7 Å². The lowest BCUT2D eigenvalue weighted by molar-refractivity contribution is 0.216. The predicted octanol–water partition coefficient (Wildman–Crippen LogP) is 7.28. The van der Waals surface area contributed by atoms with Gasteiger partial charge in [-0.3, -0.25) is 10.7 Å². The number of methoxy groups -OCH3 is 1. The Kier molecular flexibility index (Phi) is 11.4. The van der Waals surface area contributed by atoms with E-state index >= 15 is 0 Å². The number of carbonyl (C=O) groups excluding carboxylic acids is 1. The molecule has 1 heterocycles. The third kappa shape index (κ3) is 7.21. The number of benzene rings is 1. The maximum Gasteiger partial charge on any atom is 0.330 e. The molecule has 1 aromatic heterocycles. The molecule has 0 bridgehead atoms. The first-order chi connectivity index (χ1) is 17.9. The Morgan fingerprint density at radius 2 is 1.89 bits per heavy atom. The van der Waals surface area contributed by atoms with Crippen molar-refractivity contribution in [3.8, 4) is 5.75 Å². The topological polar surface area (TPSA) is 77.9 Å². The maximum atomic E-state index is 14.5. The lowest BCUT2D eigenvalue weighted by Gasteiger charge is -2.33. The zero-order valence-corrected chi connectivity index (χ0v) is 22.5. The van der Waals surface area contributed by atoms with Crippen LogP contribution in [0.25, 0.3) is 0 Å². The molecule has 0 unspecified atom stereocenters. The van der Waals surface area contributed by atoms with Gasteiger partial charge in [0.05, 0.1) is 12.8 Å². The summed E-state index contributed by atoms with van der Waals surface area (Å²) in [6, 6.07) is 6.69. The largest absolute Gasteiger partial charge is 0.496 e. The number of aromatic nitrogens is 1. The average molecular weight is 503 g/mol. The Morgan fingerprint density at radius 3 is 2.49 bits per heavy atom. The van der Waals surface area contributed by atoms with E-state index in [1.54, 1.807) is 42.5 Å². The molecular formula is C30H38N4O3. The van der Waals surface area contributed by atoms with E-state index in [1.165, 1.54) is 4.90 Å². The maximum absolute atomic E-state index is 14.5. The Labute approximate surface area is 220 Å². The fraction of sp³-hybridized carbons (Fsp3) is 0.267.